The van der Waals surface area contributed by atoms with E-state index < -0.39 is 0 Å². The van der Waals surface area contributed by atoms with E-state index >= 15 is 0 Å². The molecular weight excluding hydrogens is 765 g/mol. The summed E-state index contributed by atoms with van der Waals surface area (Å²) in [5, 5.41) is 2.50. The van der Waals surface area contributed by atoms with Gasteiger partial charge in [-0.05, 0) is 177 Å². The standard InChI is InChI=1S/C58H56B5N/c1-33-9-18-45(19-10-33)64(46-20-13-38(14-21-46)37-7-5-4-6-8-37)47-22-15-40-29-39(11-12-41(40)30-47)42-16-23-48-49-24-17-43(52-53(59)55(61)57(63)56(62)54(52)60)32-51(49)58(50(48)31-42)35(3)27-36-25-34(2)26-44(58)28-36/h4-24,29-32,34-36,44H,25-28,59-63H2,1-3H3. The molecule has 8 aromatic rings. The lowest BCUT2D eigenvalue weighted by Crippen LogP contribution is -2.55. The number of hydrogen-bond acceptors (Lipinski definition) is 1. The summed E-state index contributed by atoms with van der Waals surface area (Å²) in [5.41, 5.74) is 25.9. The molecule has 1 nitrogen and oxygen atoms in total. The lowest BCUT2D eigenvalue weighted by Gasteiger charge is -2.54. The first kappa shape index (κ1) is 40.9. The Balaban J connectivity index is 0.998. The van der Waals surface area contributed by atoms with E-state index in [9.17, 15) is 0 Å². The van der Waals surface area contributed by atoms with Gasteiger partial charge in [0.25, 0.3) is 0 Å². The van der Waals surface area contributed by atoms with Crippen LogP contribution in [0.5, 0.6) is 0 Å². The number of hydrogen-bond donors (Lipinski definition) is 0. The Morgan fingerprint density at radius 1 is 0.453 bits per heavy atom. The largest absolute Gasteiger partial charge is 0.310 e. The number of rotatable bonds is 6. The van der Waals surface area contributed by atoms with E-state index in [0.29, 0.717) is 11.8 Å². The normalized spacial score (nSPS) is 20.9. The maximum Gasteiger partial charge on any atom is 0.139 e. The van der Waals surface area contributed by atoms with Crippen LogP contribution in [0.3, 0.4) is 0 Å². The van der Waals surface area contributed by atoms with Crippen LogP contribution in [0, 0.1) is 30.6 Å². The van der Waals surface area contributed by atoms with Crippen LogP contribution in [0.25, 0.3) is 55.3 Å². The third-order valence-corrected chi connectivity index (χ3v) is 16.6. The van der Waals surface area contributed by atoms with Gasteiger partial charge >= 0.3 is 0 Å². The molecule has 0 aromatic heterocycles. The molecule has 0 aliphatic heterocycles. The highest BCUT2D eigenvalue weighted by Gasteiger charge is 2.56. The molecule has 8 aromatic carbocycles. The molecule has 2 fully saturated rings. The van der Waals surface area contributed by atoms with Crippen LogP contribution in [-0.4, -0.2) is 39.2 Å². The van der Waals surface area contributed by atoms with Crippen molar-refractivity contribution in [3.05, 3.63) is 168 Å². The van der Waals surface area contributed by atoms with Crippen molar-refractivity contribution in [1.82, 2.24) is 0 Å². The molecule has 3 aliphatic carbocycles. The summed E-state index contributed by atoms with van der Waals surface area (Å²) in [6.07, 6.45) is 5.35. The second-order valence-electron chi connectivity index (χ2n) is 20.2. The monoisotopic (exact) mass is 821 g/mol. The summed E-state index contributed by atoms with van der Waals surface area (Å²) < 4.78 is 0. The van der Waals surface area contributed by atoms with Gasteiger partial charge in [0, 0.05) is 22.5 Å². The number of benzene rings is 8. The summed E-state index contributed by atoms with van der Waals surface area (Å²) in [6.45, 7) is 7.29. The molecule has 0 amide bonds. The minimum Gasteiger partial charge on any atom is -0.310 e. The number of anilines is 3. The van der Waals surface area contributed by atoms with Crippen molar-refractivity contribution in [2.45, 2.75) is 51.9 Å². The highest BCUT2D eigenvalue weighted by Crippen LogP contribution is 2.65. The minimum absolute atomic E-state index is 0.00292. The fraction of sp³-hybridized carbons (Fsp3) is 0.207. The smallest absolute Gasteiger partial charge is 0.139 e. The predicted octanol–water partition coefficient (Wildman–Crippen LogP) is 7.27. The van der Waals surface area contributed by atoms with Crippen LogP contribution in [-0.2, 0) is 5.41 Å². The minimum atomic E-state index is 0.00292. The summed E-state index contributed by atoms with van der Waals surface area (Å²) in [4.78, 5) is 2.39. The zero-order valence-corrected chi connectivity index (χ0v) is 39.0. The third-order valence-electron chi connectivity index (χ3n) is 16.6. The lowest BCUT2D eigenvalue weighted by molar-refractivity contribution is 0.0426. The van der Waals surface area contributed by atoms with E-state index in [0.717, 1.165) is 28.9 Å². The molecule has 11 rings (SSSR count). The molecule has 64 heavy (non-hydrogen) atoms. The highest BCUT2D eigenvalue weighted by molar-refractivity contribution is 6.68. The SMILES string of the molecule is Bc1c(B)c(B)c(-c2ccc3c(c2)C2(c4cc(-c5ccc6cc(N(c7ccc(C)cc7)c7ccc(-c8ccccc8)cc7)ccc6c5)ccc4-3)C(C)CC3CC(C)CC2C3)c(B)c1B. The summed E-state index contributed by atoms with van der Waals surface area (Å²) in [7, 11) is 11.6. The zero-order chi connectivity index (χ0) is 44.0. The van der Waals surface area contributed by atoms with Gasteiger partial charge in [-0.1, -0.05) is 127 Å². The van der Waals surface area contributed by atoms with Crippen molar-refractivity contribution in [2.75, 3.05) is 4.90 Å². The number of fused-ring (bicyclic) bond motifs is 9. The summed E-state index contributed by atoms with van der Waals surface area (Å²) >= 11 is 0. The topological polar surface area (TPSA) is 3.24 Å². The Labute approximate surface area is 385 Å². The molecule has 0 radical (unpaired) electrons. The van der Waals surface area contributed by atoms with Crippen molar-refractivity contribution in [1.29, 1.82) is 0 Å². The third kappa shape index (κ3) is 6.49. The van der Waals surface area contributed by atoms with Gasteiger partial charge in [-0.2, -0.15) is 0 Å². The second-order valence-corrected chi connectivity index (χ2v) is 20.2. The molecule has 3 aliphatic rings. The molecule has 6 heteroatoms. The van der Waals surface area contributed by atoms with Crippen molar-refractivity contribution in [3.63, 3.8) is 0 Å². The molecular formula is C58H56B5N. The van der Waals surface area contributed by atoms with E-state index in [4.69, 9.17) is 0 Å². The van der Waals surface area contributed by atoms with Gasteiger partial charge in [-0.15, -0.1) is 16.4 Å². The summed E-state index contributed by atoms with van der Waals surface area (Å²) in [5.74, 6) is 2.81. The van der Waals surface area contributed by atoms with Crippen LogP contribution in [0.1, 0.15) is 56.2 Å². The van der Waals surface area contributed by atoms with E-state index in [1.807, 2.05) is 0 Å². The fourth-order valence-corrected chi connectivity index (χ4v) is 13.2. The fourth-order valence-electron chi connectivity index (χ4n) is 13.2. The van der Waals surface area contributed by atoms with Crippen molar-refractivity contribution in [2.24, 2.45) is 23.7 Å². The lowest BCUT2D eigenvalue weighted by atomic mass is 9.49. The van der Waals surface area contributed by atoms with Crippen molar-refractivity contribution < 1.29 is 0 Å². The molecule has 5 unspecified atom stereocenters. The van der Waals surface area contributed by atoms with Crippen LogP contribution >= 0.6 is 0 Å². The number of nitrogens with zero attached hydrogens (tertiary/aromatic N) is 1. The molecule has 0 N–H and O–H groups in total. The molecule has 308 valence electrons. The average molecular weight is 821 g/mol. The summed E-state index contributed by atoms with van der Waals surface area (Å²) in [6, 6.07) is 57.8. The Kier molecular flexibility index (Phi) is 10.0. The van der Waals surface area contributed by atoms with Crippen LogP contribution in [0.15, 0.2) is 152 Å². The molecule has 2 bridgehead atoms. The molecule has 5 atom stereocenters. The van der Waals surface area contributed by atoms with E-state index in [1.54, 1.807) is 11.1 Å². The highest BCUT2D eigenvalue weighted by atomic mass is 15.1. The van der Waals surface area contributed by atoms with E-state index in [-0.39, 0.29) is 5.41 Å². The van der Waals surface area contributed by atoms with Crippen molar-refractivity contribution >= 4 is 94.4 Å². The first-order valence-electron chi connectivity index (χ1n) is 23.9. The van der Waals surface area contributed by atoms with Crippen molar-refractivity contribution in [3.8, 4) is 44.5 Å². The van der Waals surface area contributed by atoms with Crippen LogP contribution < -0.4 is 32.2 Å². The first-order valence-corrected chi connectivity index (χ1v) is 23.9. The number of aryl methyl sites for hydroxylation is 1. The Morgan fingerprint density at radius 2 is 0.969 bits per heavy atom. The van der Waals surface area contributed by atoms with E-state index in [1.165, 1.54) is 114 Å². The van der Waals surface area contributed by atoms with E-state index in [2.05, 4.69) is 217 Å². The molecule has 0 saturated heterocycles. The Hall–Kier alpha value is -5.86. The maximum atomic E-state index is 2.67. The van der Waals surface area contributed by atoms with Gasteiger partial charge in [0.2, 0.25) is 0 Å². The van der Waals surface area contributed by atoms with Gasteiger partial charge in [-0.25, -0.2) is 0 Å². The first-order chi connectivity index (χ1) is 31.0. The second kappa shape index (κ2) is 15.7. The Morgan fingerprint density at radius 3 is 1.66 bits per heavy atom. The molecule has 1 spiro atoms. The predicted molar refractivity (Wildman–Crippen MR) is 291 cm³/mol. The molecule has 2 saturated carbocycles. The van der Waals surface area contributed by atoms with Gasteiger partial charge < -0.3 is 4.90 Å². The van der Waals surface area contributed by atoms with Gasteiger partial charge in [-0.3, -0.25) is 0 Å². The Bertz CT molecular complexity index is 3090. The van der Waals surface area contributed by atoms with Crippen LogP contribution in [0.2, 0.25) is 0 Å². The average Bonchev–Trinajstić information content (AvgIpc) is 3.60. The quantitative estimate of drug-likeness (QED) is 0.160. The molecule has 0 heterocycles. The van der Waals surface area contributed by atoms with Gasteiger partial charge in [0.1, 0.15) is 39.2 Å². The zero-order valence-electron chi connectivity index (χ0n) is 39.0. The maximum absolute atomic E-state index is 2.67. The van der Waals surface area contributed by atoms with Gasteiger partial charge in [0.05, 0.1) is 0 Å². The van der Waals surface area contributed by atoms with Gasteiger partial charge in [0.15, 0.2) is 0 Å². The van der Waals surface area contributed by atoms with Crippen LogP contribution in [0.4, 0.5) is 17.1 Å².